The lowest BCUT2D eigenvalue weighted by atomic mass is 10.3. The summed E-state index contributed by atoms with van der Waals surface area (Å²) in [5.41, 5.74) is 2.02. The van der Waals surface area contributed by atoms with Crippen LogP contribution in [0.25, 0.3) is 6.08 Å². The summed E-state index contributed by atoms with van der Waals surface area (Å²) in [4.78, 5) is 11.3. The first-order valence-electron chi connectivity index (χ1n) is 4.43. The summed E-state index contributed by atoms with van der Waals surface area (Å²) in [6, 6.07) is 7.05. The van der Waals surface area contributed by atoms with Crippen LogP contribution in [0.2, 0.25) is 0 Å². The molecular formula is C10H10N4O. The molecule has 1 aromatic carbocycles. The van der Waals surface area contributed by atoms with Gasteiger partial charge in [-0.05, 0) is 12.1 Å². The number of fused-ring (bicyclic) bond motifs is 1. The Balaban J connectivity index is 2.53. The molecule has 15 heavy (non-hydrogen) atoms. The van der Waals surface area contributed by atoms with Gasteiger partial charge < -0.3 is 0 Å². The van der Waals surface area contributed by atoms with Gasteiger partial charge >= 0.3 is 6.03 Å². The number of hydrogen-bond donors (Lipinski definition) is 2. The third-order valence-corrected chi connectivity index (χ3v) is 1.99. The van der Waals surface area contributed by atoms with E-state index in [1.807, 2.05) is 35.8 Å². The van der Waals surface area contributed by atoms with E-state index in [1.165, 1.54) is 0 Å². The molecule has 0 saturated heterocycles. The molecule has 0 aliphatic carbocycles. The SMILES string of the molecule is NNC(=O)N1C=CC=c2ccccc2=N1. The highest BCUT2D eigenvalue weighted by Crippen LogP contribution is 1.93. The maximum absolute atomic E-state index is 11.3. The lowest BCUT2D eigenvalue weighted by Gasteiger charge is -2.09. The Hall–Kier alpha value is -2.14. The molecule has 0 fully saturated rings. The van der Waals surface area contributed by atoms with Crippen molar-refractivity contribution in [2.75, 3.05) is 0 Å². The van der Waals surface area contributed by atoms with Gasteiger partial charge in [0.25, 0.3) is 0 Å². The van der Waals surface area contributed by atoms with E-state index in [-0.39, 0.29) is 0 Å². The van der Waals surface area contributed by atoms with E-state index in [2.05, 4.69) is 5.10 Å². The summed E-state index contributed by atoms with van der Waals surface area (Å²) in [6.07, 6.45) is 5.16. The first-order valence-corrected chi connectivity index (χ1v) is 4.43. The van der Waals surface area contributed by atoms with Gasteiger partial charge in [-0.1, -0.05) is 24.3 Å². The minimum absolute atomic E-state index is 0.476. The van der Waals surface area contributed by atoms with E-state index in [9.17, 15) is 4.79 Å². The van der Waals surface area contributed by atoms with E-state index in [4.69, 9.17) is 5.84 Å². The van der Waals surface area contributed by atoms with Gasteiger partial charge in [0.2, 0.25) is 0 Å². The molecule has 1 aromatic rings. The average molecular weight is 202 g/mol. The van der Waals surface area contributed by atoms with Crippen molar-refractivity contribution in [3.05, 3.63) is 47.1 Å². The van der Waals surface area contributed by atoms with Gasteiger partial charge in [0.1, 0.15) is 0 Å². The molecule has 76 valence electrons. The normalized spacial score (nSPS) is 13.3. The van der Waals surface area contributed by atoms with Gasteiger partial charge in [-0.15, -0.1) is 0 Å². The number of amides is 2. The Bertz CT molecular complexity index is 520. The summed E-state index contributed by atoms with van der Waals surface area (Å²) in [5, 5.41) is 6.98. The standard InChI is InChI=1S/C10H10N4O/c11-12-10(15)14-7-3-5-8-4-1-2-6-9(8)13-14/h1-7H,11H2,(H,12,15). The zero-order chi connectivity index (χ0) is 10.7. The number of nitrogens with zero attached hydrogens (tertiary/aromatic N) is 2. The van der Waals surface area contributed by atoms with Crippen LogP contribution in [0.3, 0.4) is 0 Å². The Morgan fingerprint density at radius 3 is 3.00 bits per heavy atom. The van der Waals surface area contributed by atoms with E-state index in [0.717, 1.165) is 15.6 Å². The second-order valence-corrected chi connectivity index (χ2v) is 2.96. The minimum Gasteiger partial charge on any atom is -0.274 e. The van der Waals surface area contributed by atoms with Crippen molar-refractivity contribution in [3.63, 3.8) is 0 Å². The topological polar surface area (TPSA) is 70.7 Å². The summed E-state index contributed by atoms with van der Waals surface area (Å²) in [5.74, 6) is 5.03. The van der Waals surface area contributed by atoms with E-state index in [1.54, 1.807) is 12.3 Å². The highest BCUT2D eigenvalue weighted by atomic mass is 16.2. The fraction of sp³-hybridized carbons (Fsp3) is 0. The summed E-state index contributed by atoms with van der Waals surface area (Å²) < 4.78 is 0. The molecule has 3 N–H and O–H groups in total. The summed E-state index contributed by atoms with van der Waals surface area (Å²) in [7, 11) is 0. The van der Waals surface area contributed by atoms with Crippen molar-refractivity contribution >= 4 is 12.1 Å². The Morgan fingerprint density at radius 2 is 2.20 bits per heavy atom. The monoisotopic (exact) mass is 202 g/mol. The molecule has 0 saturated carbocycles. The van der Waals surface area contributed by atoms with Crippen molar-refractivity contribution in [2.45, 2.75) is 0 Å². The molecule has 2 rings (SSSR count). The number of rotatable bonds is 0. The molecule has 1 aliphatic rings. The van der Waals surface area contributed by atoms with Crippen molar-refractivity contribution in [1.82, 2.24) is 10.4 Å². The van der Waals surface area contributed by atoms with E-state index >= 15 is 0 Å². The van der Waals surface area contributed by atoms with Crippen LogP contribution in [0, 0.1) is 0 Å². The molecule has 0 atom stereocenters. The number of benzene rings is 1. The fourth-order valence-corrected chi connectivity index (χ4v) is 1.28. The van der Waals surface area contributed by atoms with E-state index in [0.29, 0.717) is 0 Å². The maximum atomic E-state index is 11.3. The van der Waals surface area contributed by atoms with Crippen LogP contribution in [0.1, 0.15) is 0 Å². The van der Waals surface area contributed by atoms with Crippen molar-refractivity contribution in [1.29, 1.82) is 0 Å². The molecule has 1 aliphatic heterocycles. The Morgan fingerprint density at radius 1 is 1.40 bits per heavy atom. The van der Waals surface area contributed by atoms with Gasteiger partial charge in [-0.25, -0.2) is 10.6 Å². The second kappa shape index (κ2) is 3.93. The molecule has 0 spiro atoms. The third-order valence-electron chi connectivity index (χ3n) is 1.99. The number of urea groups is 1. The number of hydrogen-bond acceptors (Lipinski definition) is 3. The van der Waals surface area contributed by atoms with Crippen LogP contribution in [-0.4, -0.2) is 11.0 Å². The third kappa shape index (κ3) is 1.87. The van der Waals surface area contributed by atoms with Crippen LogP contribution in [0.15, 0.2) is 41.6 Å². The van der Waals surface area contributed by atoms with Crippen LogP contribution < -0.4 is 21.8 Å². The largest absolute Gasteiger partial charge is 0.356 e. The van der Waals surface area contributed by atoms with Crippen molar-refractivity contribution in [3.8, 4) is 0 Å². The molecule has 0 bridgehead atoms. The zero-order valence-corrected chi connectivity index (χ0v) is 7.92. The lowest BCUT2D eigenvalue weighted by Crippen LogP contribution is -2.39. The van der Waals surface area contributed by atoms with E-state index < -0.39 is 6.03 Å². The number of nitrogens with two attached hydrogens (primary N) is 1. The molecule has 0 aromatic heterocycles. The Labute approximate surface area is 86.2 Å². The van der Waals surface area contributed by atoms with Gasteiger partial charge in [0.15, 0.2) is 0 Å². The lowest BCUT2D eigenvalue weighted by molar-refractivity contribution is 0.215. The van der Waals surface area contributed by atoms with Gasteiger partial charge in [0, 0.05) is 11.4 Å². The van der Waals surface area contributed by atoms with Gasteiger partial charge in [-0.3, -0.25) is 5.43 Å². The molecule has 2 amide bonds. The van der Waals surface area contributed by atoms with Crippen LogP contribution in [0.5, 0.6) is 0 Å². The Kier molecular flexibility index (Phi) is 2.47. The molecule has 1 heterocycles. The highest BCUT2D eigenvalue weighted by Gasteiger charge is 2.07. The number of allylic oxidation sites excluding steroid dienone is 1. The predicted molar refractivity (Wildman–Crippen MR) is 55.4 cm³/mol. The smallest absolute Gasteiger partial charge is 0.274 e. The van der Waals surface area contributed by atoms with Crippen LogP contribution in [0.4, 0.5) is 4.79 Å². The summed E-state index contributed by atoms with van der Waals surface area (Å²) in [6.45, 7) is 0. The number of nitrogens with one attached hydrogen (secondary N) is 1. The number of hydrazine groups is 1. The van der Waals surface area contributed by atoms with Crippen LogP contribution >= 0.6 is 0 Å². The van der Waals surface area contributed by atoms with Crippen LogP contribution in [-0.2, 0) is 0 Å². The minimum atomic E-state index is -0.476. The van der Waals surface area contributed by atoms with Gasteiger partial charge in [0.05, 0.1) is 5.36 Å². The summed E-state index contributed by atoms with van der Waals surface area (Å²) >= 11 is 0. The van der Waals surface area contributed by atoms with Crippen molar-refractivity contribution in [2.24, 2.45) is 10.9 Å². The predicted octanol–water partition coefficient (Wildman–Crippen LogP) is -0.586. The number of carbonyl (C=O) groups excluding carboxylic acids is 1. The highest BCUT2D eigenvalue weighted by molar-refractivity contribution is 5.74. The average Bonchev–Trinajstić information content (AvgIpc) is 2.49. The molecule has 5 heteroatoms. The zero-order valence-electron chi connectivity index (χ0n) is 7.92. The molecule has 0 radical (unpaired) electrons. The quantitative estimate of drug-likeness (QED) is 0.335. The second-order valence-electron chi connectivity index (χ2n) is 2.96. The number of carbonyl (C=O) groups is 1. The molecule has 5 nitrogen and oxygen atoms in total. The molecule has 0 unspecified atom stereocenters. The first kappa shape index (κ1) is 9.42. The fourth-order valence-electron chi connectivity index (χ4n) is 1.28. The first-order chi connectivity index (χ1) is 7.31. The van der Waals surface area contributed by atoms with Crippen molar-refractivity contribution < 1.29 is 4.79 Å². The maximum Gasteiger partial charge on any atom is 0.356 e. The molecular weight excluding hydrogens is 192 g/mol. The van der Waals surface area contributed by atoms with Gasteiger partial charge in [-0.2, -0.15) is 10.1 Å².